The molecule has 0 aliphatic heterocycles. The average Bonchev–Trinajstić information content (AvgIpc) is 2.91. The number of amides is 2. The Morgan fingerprint density at radius 3 is 2.20 bits per heavy atom. The number of nitrogens with one attached hydrogen (secondary N) is 1. The van der Waals surface area contributed by atoms with E-state index in [9.17, 15) is 9.59 Å². The number of nitrogens with two attached hydrogens (primary N) is 1. The Balaban J connectivity index is 1.45. The van der Waals surface area contributed by atoms with E-state index in [0.717, 1.165) is 73.3 Å². The summed E-state index contributed by atoms with van der Waals surface area (Å²) in [6, 6.07) is 0. The number of hydrogen-bond acceptors (Lipinski definition) is 3. The summed E-state index contributed by atoms with van der Waals surface area (Å²) < 4.78 is 0. The van der Waals surface area contributed by atoms with E-state index in [-0.39, 0.29) is 17.2 Å². The zero-order valence-electron chi connectivity index (χ0n) is 14.6. The summed E-state index contributed by atoms with van der Waals surface area (Å²) in [6.45, 7) is 0. The number of fused-ring (bicyclic) bond motifs is 1. The molecule has 2 amide bonds. The van der Waals surface area contributed by atoms with Crippen LogP contribution in [0.15, 0.2) is 0 Å². The van der Waals surface area contributed by atoms with Gasteiger partial charge in [-0.3, -0.25) is 9.59 Å². The number of hydrogen-bond donors (Lipinski definition) is 2. The molecule has 1 heterocycles. The quantitative estimate of drug-likeness (QED) is 0.860. The zero-order valence-corrected chi connectivity index (χ0v) is 15.4. The summed E-state index contributed by atoms with van der Waals surface area (Å²) >= 11 is 1.59. The molecule has 0 aromatic carbocycles. The van der Waals surface area contributed by atoms with Crippen LogP contribution in [0.5, 0.6) is 0 Å². The Morgan fingerprint density at radius 2 is 1.60 bits per heavy atom. The number of carbonyl (C=O) groups is 2. The average molecular weight is 359 g/mol. The summed E-state index contributed by atoms with van der Waals surface area (Å²) in [5, 5.41) is 3.91. The largest absolute Gasteiger partial charge is 0.365 e. The van der Waals surface area contributed by atoms with Crippen molar-refractivity contribution in [1.82, 2.24) is 0 Å². The van der Waals surface area contributed by atoms with Crippen LogP contribution in [0.25, 0.3) is 0 Å². The van der Waals surface area contributed by atoms with Crippen LogP contribution in [-0.4, -0.2) is 11.8 Å². The SMILES string of the molecule is NC(=O)c1c(NC(=O)C23CC4CC(CC(C4)C2)C3)sc2c1CCCC2. The molecule has 0 unspecified atom stereocenters. The highest BCUT2D eigenvalue weighted by Gasteiger charge is 2.54. The van der Waals surface area contributed by atoms with Gasteiger partial charge in [-0.2, -0.15) is 0 Å². The molecule has 0 radical (unpaired) electrons. The Bertz CT molecular complexity index is 716. The van der Waals surface area contributed by atoms with Gasteiger partial charge in [0, 0.05) is 4.88 Å². The molecule has 5 aliphatic rings. The predicted molar refractivity (Wildman–Crippen MR) is 98.7 cm³/mol. The highest BCUT2D eigenvalue weighted by atomic mass is 32.1. The van der Waals surface area contributed by atoms with Gasteiger partial charge in [-0.25, -0.2) is 0 Å². The van der Waals surface area contributed by atoms with Gasteiger partial charge in [0.1, 0.15) is 5.00 Å². The summed E-state index contributed by atoms with van der Waals surface area (Å²) in [5.41, 5.74) is 7.19. The molecule has 6 rings (SSSR count). The number of carbonyl (C=O) groups excluding carboxylic acids is 2. The normalized spacial score (nSPS) is 35.4. The van der Waals surface area contributed by atoms with Crippen molar-refractivity contribution in [2.75, 3.05) is 5.32 Å². The molecule has 4 bridgehead atoms. The monoisotopic (exact) mass is 358 g/mol. The molecule has 25 heavy (non-hydrogen) atoms. The van der Waals surface area contributed by atoms with Gasteiger partial charge < -0.3 is 11.1 Å². The van der Waals surface area contributed by atoms with Crippen molar-refractivity contribution in [2.45, 2.75) is 64.2 Å². The fourth-order valence-electron chi connectivity index (χ4n) is 6.54. The van der Waals surface area contributed by atoms with E-state index < -0.39 is 0 Å². The van der Waals surface area contributed by atoms with Crippen LogP contribution in [0.3, 0.4) is 0 Å². The second-order valence-electron chi connectivity index (χ2n) is 8.93. The van der Waals surface area contributed by atoms with Gasteiger partial charge >= 0.3 is 0 Å². The third-order valence-electron chi connectivity index (χ3n) is 7.16. The van der Waals surface area contributed by atoms with Crippen LogP contribution in [-0.2, 0) is 17.6 Å². The molecular weight excluding hydrogens is 332 g/mol. The van der Waals surface area contributed by atoms with E-state index in [1.165, 1.54) is 24.1 Å². The molecule has 3 N–H and O–H groups in total. The maximum absolute atomic E-state index is 13.3. The Labute approximate surface area is 152 Å². The smallest absolute Gasteiger partial charge is 0.251 e. The third-order valence-corrected chi connectivity index (χ3v) is 8.37. The standard InChI is InChI=1S/C20H26N2O2S/c21-17(23)16-14-3-1-2-4-15(14)25-18(16)22-19(24)20-8-11-5-12(9-20)7-13(6-11)10-20/h11-13H,1-10H2,(H2,21,23)(H,22,24). The van der Waals surface area contributed by atoms with Crippen LogP contribution >= 0.6 is 11.3 Å². The highest BCUT2D eigenvalue weighted by molar-refractivity contribution is 7.17. The van der Waals surface area contributed by atoms with E-state index >= 15 is 0 Å². The first kappa shape index (κ1) is 15.9. The second kappa shape index (κ2) is 5.57. The van der Waals surface area contributed by atoms with E-state index in [1.807, 2.05) is 0 Å². The molecule has 4 fully saturated rings. The lowest BCUT2D eigenvalue weighted by Crippen LogP contribution is -2.51. The van der Waals surface area contributed by atoms with Gasteiger partial charge in [0.05, 0.1) is 11.0 Å². The maximum atomic E-state index is 13.3. The summed E-state index contributed by atoms with van der Waals surface area (Å²) in [6.07, 6.45) is 11.3. The minimum atomic E-state index is -0.389. The lowest BCUT2D eigenvalue weighted by Gasteiger charge is -2.55. The molecule has 4 nitrogen and oxygen atoms in total. The number of anilines is 1. The molecule has 134 valence electrons. The fraction of sp³-hybridized carbons (Fsp3) is 0.700. The Kier molecular flexibility index (Phi) is 3.53. The lowest BCUT2D eigenvalue weighted by molar-refractivity contribution is -0.140. The molecule has 0 atom stereocenters. The predicted octanol–water partition coefficient (Wildman–Crippen LogP) is 3.88. The van der Waals surface area contributed by atoms with Gasteiger partial charge in [0.15, 0.2) is 0 Å². The summed E-state index contributed by atoms with van der Waals surface area (Å²) in [4.78, 5) is 26.6. The van der Waals surface area contributed by atoms with Gasteiger partial charge in [-0.1, -0.05) is 0 Å². The minimum Gasteiger partial charge on any atom is -0.365 e. The Hall–Kier alpha value is -1.36. The van der Waals surface area contributed by atoms with Crippen LogP contribution < -0.4 is 11.1 Å². The first-order valence-corrected chi connectivity index (χ1v) is 10.6. The van der Waals surface area contributed by atoms with E-state index in [0.29, 0.717) is 5.56 Å². The van der Waals surface area contributed by atoms with Crippen LogP contribution in [0.2, 0.25) is 0 Å². The van der Waals surface area contributed by atoms with Crippen molar-refractivity contribution in [1.29, 1.82) is 0 Å². The number of primary amides is 1. The van der Waals surface area contributed by atoms with Gasteiger partial charge in [-0.15, -0.1) is 11.3 Å². The van der Waals surface area contributed by atoms with Gasteiger partial charge in [0.25, 0.3) is 5.91 Å². The van der Waals surface area contributed by atoms with Crippen LogP contribution in [0.1, 0.15) is 72.2 Å². The number of rotatable bonds is 3. The molecule has 0 saturated heterocycles. The van der Waals surface area contributed by atoms with Crippen LogP contribution in [0.4, 0.5) is 5.00 Å². The van der Waals surface area contributed by atoms with E-state index in [2.05, 4.69) is 5.32 Å². The Morgan fingerprint density at radius 1 is 1.00 bits per heavy atom. The first-order valence-electron chi connectivity index (χ1n) is 9.80. The van der Waals surface area contributed by atoms with Gasteiger partial charge in [-0.05, 0) is 87.5 Å². The number of aryl methyl sites for hydroxylation is 1. The first-order chi connectivity index (χ1) is 12.0. The van der Waals surface area contributed by atoms with Crippen molar-refractivity contribution >= 4 is 28.2 Å². The van der Waals surface area contributed by atoms with Crippen molar-refractivity contribution in [3.8, 4) is 0 Å². The van der Waals surface area contributed by atoms with Gasteiger partial charge in [0.2, 0.25) is 5.91 Å². The third kappa shape index (κ3) is 2.46. The van der Waals surface area contributed by atoms with E-state index in [1.54, 1.807) is 11.3 Å². The highest BCUT2D eigenvalue weighted by Crippen LogP contribution is 2.60. The molecular formula is C20H26N2O2S. The summed E-state index contributed by atoms with van der Waals surface area (Å²) in [7, 11) is 0. The van der Waals surface area contributed by atoms with Crippen molar-refractivity contribution in [2.24, 2.45) is 28.9 Å². The minimum absolute atomic E-state index is 0.160. The van der Waals surface area contributed by atoms with Crippen LogP contribution in [0, 0.1) is 23.2 Å². The topological polar surface area (TPSA) is 72.2 Å². The number of thiophene rings is 1. The fourth-order valence-corrected chi connectivity index (χ4v) is 7.83. The summed E-state index contributed by atoms with van der Waals surface area (Å²) in [5.74, 6) is 1.99. The molecule has 5 aliphatic carbocycles. The van der Waals surface area contributed by atoms with E-state index in [4.69, 9.17) is 5.73 Å². The molecule has 4 saturated carbocycles. The molecule has 0 spiro atoms. The second-order valence-corrected chi connectivity index (χ2v) is 10.0. The van der Waals surface area contributed by atoms with Crippen molar-refractivity contribution in [3.05, 3.63) is 16.0 Å². The molecule has 1 aromatic heterocycles. The van der Waals surface area contributed by atoms with Crippen molar-refractivity contribution < 1.29 is 9.59 Å². The molecule has 1 aromatic rings. The maximum Gasteiger partial charge on any atom is 0.251 e. The lowest BCUT2D eigenvalue weighted by atomic mass is 9.49. The van der Waals surface area contributed by atoms with Crippen molar-refractivity contribution in [3.63, 3.8) is 0 Å². The zero-order chi connectivity index (χ0) is 17.2. The molecule has 5 heteroatoms.